The van der Waals surface area contributed by atoms with Gasteiger partial charge in [0.15, 0.2) is 15.5 Å². The molecule has 1 aromatic heterocycles. The number of esters is 1. The van der Waals surface area contributed by atoms with Gasteiger partial charge in [0.05, 0.1) is 12.0 Å². The van der Waals surface area contributed by atoms with E-state index in [1.807, 2.05) is 0 Å². The summed E-state index contributed by atoms with van der Waals surface area (Å²) in [6.07, 6.45) is 1.15. The maximum Gasteiger partial charge on any atom is 0.358 e. The molecule has 1 N–H and O–H groups in total. The van der Waals surface area contributed by atoms with Gasteiger partial charge >= 0.3 is 5.97 Å². The summed E-state index contributed by atoms with van der Waals surface area (Å²) < 4.78 is 27.4. The molecule has 0 aliphatic carbocycles. The number of carbonyl (C=O) groups excluding carboxylic acids is 1. The quantitative estimate of drug-likeness (QED) is 0.868. The summed E-state index contributed by atoms with van der Waals surface area (Å²) in [7, 11) is -1.94. The number of sulfone groups is 1. The van der Waals surface area contributed by atoms with Gasteiger partial charge in [-0.1, -0.05) is 0 Å². The minimum Gasteiger partial charge on any atom is -0.464 e. The number of aromatic amines is 1. The number of carbonyl (C=O) groups is 1. The maximum atomic E-state index is 11.5. The molecule has 6 nitrogen and oxygen atoms in total. The van der Waals surface area contributed by atoms with Crippen LogP contribution in [0.15, 0.2) is 29.2 Å². The highest BCUT2D eigenvalue weighted by Gasteiger charge is 2.16. The van der Waals surface area contributed by atoms with Gasteiger partial charge in [0.2, 0.25) is 0 Å². The van der Waals surface area contributed by atoms with E-state index in [0.29, 0.717) is 17.1 Å². The SMILES string of the molecule is COC(=O)c1nc(-c2ccc(S(C)(=O)=O)cc2)[nH]c1C. The lowest BCUT2D eigenvalue weighted by molar-refractivity contribution is 0.0594. The first-order chi connectivity index (χ1) is 9.32. The molecule has 0 fully saturated rings. The van der Waals surface area contributed by atoms with Gasteiger partial charge in [0.1, 0.15) is 5.82 Å². The van der Waals surface area contributed by atoms with Crippen LogP contribution >= 0.6 is 0 Å². The van der Waals surface area contributed by atoms with Crippen molar-refractivity contribution >= 4 is 15.8 Å². The highest BCUT2D eigenvalue weighted by Crippen LogP contribution is 2.20. The summed E-state index contributed by atoms with van der Waals surface area (Å²) in [6, 6.07) is 6.27. The first kappa shape index (κ1) is 14.3. The average molecular weight is 294 g/mol. The number of hydrogen-bond acceptors (Lipinski definition) is 5. The molecule has 0 aliphatic heterocycles. The van der Waals surface area contributed by atoms with Crippen molar-refractivity contribution in [3.8, 4) is 11.4 Å². The summed E-state index contributed by atoms with van der Waals surface area (Å²) in [6.45, 7) is 1.72. The van der Waals surface area contributed by atoms with Crippen molar-refractivity contribution in [2.45, 2.75) is 11.8 Å². The zero-order valence-corrected chi connectivity index (χ0v) is 12.1. The zero-order valence-electron chi connectivity index (χ0n) is 11.3. The molecule has 0 spiro atoms. The van der Waals surface area contributed by atoms with Crippen molar-refractivity contribution in [1.82, 2.24) is 9.97 Å². The first-order valence-electron chi connectivity index (χ1n) is 5.78. The molecule has 106 valence electrons. The third kappa shape index (κ3) is 2.72. The van der Waals surface area contributed by atoms with Crippen molar-refractivity contribution in [1.29, 1.82) is 0 Å². The van der Waals surface area contributed by atoms with Gasteiger partial charge in [-0.15, -0.1) is 0 Å². The van der Waals surface area contributed by atoms with Crippen LogP contribution in [0.2, 0.25) is 0 Å². The van der Waals surface area contributed by atoms with Gasteiger partial charge in [-0.25, -0.2) is 18.2 Å². The van der Waals surface area contributed by atoms with Crippen LogP contribution in [0.3, 0.4) is 0 Å². The Morgan fingerprint density at radius 3 is 2.35 bits per heavy atom. The van der Waals surface area contributed by atoms with Crippen LogP contribution in [-0.4, -0.2) is 37.7 Å². The van der Waals surface area contributed by atoms with E-state index in [-0.39, 0.29) is 10.6 Å². The van der Waals surface area contributed by atoms with Gasteiger partial charge in [0.25, 0.3) is 0 Å². The number of ether oxygens (including phenoxy) is 1. The molecule has 0 radical (unpaired) electrons. The largest absolute Gasteiger partial charge is 0.464 e. The van der Waals surface area contributed by atoms with E-state index in [9.17, 15) is 13.2 Å². The molecule has 0 saturated heterocycles. The fraction of sp³-hybridized carbons (Fsp3) is 0.231. The number of benzene rings is 1. The Morgan fingerprint density at radius 2 is 1.85 bits per heavy atom. The van der Waals surface area contributed by atoms with E-state index in [1.165, 1.54) is 19.2 Å². The molecule has 0 unspecified atom stereocenters. The third-order valence-electron chi connectivity index (χ3n) is 2.82. The summed E-state index contributed by atoms with van der Waals surface area (Å²) in [5.41, 5.74) is 1.50. The first-order valence-corrected chi connectivity index (χ1v) is 7.67. The molecule has 0 aliphatic rings. The molecule has 0 bridgehead atoms. The molecule has 7 heteroatoms. The standard InChI is InChI=1S/C13H14N2O4S/c1-8-11(13(16)19-2)15-12(14-8)9-4-6-10(7-5-9)20(3,17)18/h4-7H,1-3H3,(H,14,15). The molecule has 0 amide bonds. The number of hydrogen-bond donors (Lipinski definition) is 1. The Bertz CT molecular complexity index is 745. The minimum atomic E-state index is -3.23. The number of aryl methyl sites for hydroxylation is 1. The lowest BCUT2D eigenvalue weighted by Gasteiger charge is -2.00. The second kappa shape index (κ2) is 5.09. The summed E-state index contributed by atoms with van der Waals surface area (Å²) >= 11 is 0. The fourth-order valence-corrected chi connectivity index (χ4v) is 2.38. The average Bonchev–Trinajstić information content (AvgIpc) is 2.79. The van der Waals surface area contributed by atoms with Crippen molar-refractivity contribution < 1.29 is 17.9 Å². The van der Waals surface area contributed by atoms with Crippen molar-refractivity contribution in [2.24, 2.45) is 0 Å². The number of nitrogens with zero attached hydrogens (tertiary/aromatic N) is 1. The normalized spacial score (nSPS) is 11.3. The molecule has 0 atom stereocenters. The number of imidazole rings is 1. The predicted molar refractivity (Wildman–Crippen MR) is 73.2 cm³/mol. The molecule has 1 heterocycles. The number of H-pyrrole nitrogens is 1. The van der Waals surface area contributed by atoms with Gasteiger partial charge in [-0.3, -0.25) is 0 Å². The predicted octanol–water partition coefficient (Wildman–Crippen LogP) is 1.58. The third-order valence-corrected chi connectivity index (χ3v) is 3.95. The van der Waals surface area contributed by atoms with E-state index < -0.39 is 15.8 Å². The lowest BCUT2D eigenvalue weighted by atomic mass is 10.2. The highest BCUT2D eigenvalue weighted by atomic mass is 32.2. The molecular formula is C13H14N2O4S. The number of nitrogens with one attached hydrogen (secondary N) is 1. The van der Waals surface area contributed by atoms with Crippen LogP contribution < -0.4 is 0 Å². The summed E-state index contributed by atoms with van der Waals surface area (Å²) in [5.74, 6) is -0.0271. The Balaban J connectivity index is 2.40. The van der Waals surface area contributed by atoms with E-state index >= 15 is 0 Å². The summed E-state index contributed by atoms with van der Waals surface area (Å²) in [4.78, 5) is 18.9. The number of methoxy groups -OCH3 is 1. The van der Waals surface area contributed by atoms with Crippen LogP contribution in [-0.2, 0) is 14.6 Å². The Hall–Kier alpha value is -2.15. The Kier molecular flexibility index (Phi) is 3.63. The number of rotatable bonds is 3. The lowest BCUT2D eigenvalue weighted by Crippen LogP contribution is -2.03. The molecular weight excluding hydrogens is 280 g/mol. The van der Waals surface area contributed by atoms with E-state index in [2.05, 4.69) is 14.7 Å². The molecule has 1 aromatic carbocycles. The van der Waals surface area contributed by atoms with E-state index in [4.69, 9.17) is 0 Å². The van der Waals surface area contributed by atoms with Crippen LogP contribution in [0.1, 0.15) is 16.2 Å². The van der Waals surface area contributed by atoms with Crippen LogP contribution in [0.25, 0.3) is 11.4 Å². The van der Waals surface area contributed by atoms with Gasteiger partial charge < -0.3 is 9.72 Å². The van der Waals surface area contributed by atoms with Gasteiger partial charge in [-0.05, 0) is 31.2 Å². The van der Waals surface area contributed by atoms with Gasteiger partial charge in [0, 0.05) is 17.5 Å². The maximum absolute atomic E-state index is 11.5. The Labute approximate surface area is 116 Å². The van der Waals surface area contributed by atoms with Gasteiger partial charge in [-0.2, -0.15) is 0 Å². The van der Waals surface area contributed by atoms with Crippen molar-refractivity contribution in [3.05, 3.63) is 35.7 Å². The minimum absolute atomic E-state index is 0.217. The van der Waals surface area contributed by atoms with Crippen LogP contribution in [0.4, 0.5) is 0 Å². The van der Waals surface area contributed by atoms with Crippen molar-refractivity contribution in [3.63, 3.8) is 0 Å². The van der Waals surface area contributed by atoms with Crippen LogP contribution in [0, 0.1) is 6.92 Å². The molecule has 2 rings (SSSR count). The second-order valence-electron chi connectivity index (χ2n) is 4.35. The van der Waals surface area contributed by atoms with E-state index in [1.54, 1.807) is 19.1 Å². The topological polar surface area (TPSA) is 89.1 Å². The highest BCUT2D eigenvalue weighted by molar-refractivity contribution is 7.90. The molecule has 20 heavy (non-hydrogen) atoms. The fourth-order valence-electron chi connectivity index (χ4n) is 1.75. The molecule has 0 saturated carbocycles. The van der Waals surface area contributed by atoms with E-state index in [0.717, 1.165) is 6.26 Å². The number of aromatic nitrogens is 2. The zero-order chi connectivity index (χ0) is 14.9. The summed E-state index contributed by atoms with van der Waals surface area (Å²) in [5, 5.41) is 0. The van der Waals surface area contributed by atoms with Crippen molar-refractivity contribution in [2.75, 3.05) is 13.4 Å². The Morgan fingerprint density at radius 1 is 1.25 bits per heavy atom. The molecule has 2 aromatic rings. The monoisotopic (exact) mass is 294 g/mol. The van der Waals surface area contributed by atoms with Crippen LogP contribution in [0.5, 0.6) is 0 Å². The smallest absolute Gasteiger partial charge is 0.358 e. The second-order valence-corrected chi connectivity index (χ2v) is 6.36.